The van der Waals surface area contributed by atoms with E-state index in [1.165, 1.54) is 11.1 Å². The van der Waals surface area contributed by atoms with E-state index < -0.39 is 0 Å². The van der Waals surface area contributed by atoms with E-state index in [0.29, 0.717) is 24.4 Å². The minimum atomic E-state index is -0.365. The van der Waals surface area contributed by atoms with E-state index in [1.54, 1.807) is 23.1 Å². The van der Waals surface area contributed by atoms with Crippen LogP contribution in [0.3, 0.4) is 0 Å². The normalized spacial score (nSPS) is 20.7. The maximum atomic E-state index is 12.9. The summed E-state index contributed by atoms with van der Waals surface area (Å²) in [7, 11) is 0. The van der Waals surface area contributed by atoms with Crippen molar-refractivity contribution in [2.45, 2.75) is 38.1 Å². The second kappa shape index (κ2) is 6.72. The van der Waals surface area contributed by atoms with Crippen molar-refractivity contribution in [2.75, 3.05) is 18.1 Å². The van der Waals surface area contributed by atoms with Crippen molar-refractivity contribution >= 4 is 17.7 Å². The molecular weight excluding hydrogens is 340 g/mol. The highest BCUT2D eigenvalue weighted by Gasteiger charge is 2.33. The van der Waals surface area contributed by atoms with Gasteiger partial charge in [0.15, 0.2) is 0 Å². The number of benzene rings is 2. The number of ether oxygens (including phenoxy) is 1. The van der Waals surface area contributed by atoms with Gasteiger partial charge in [-0.2, -0.15) is 0 Å². The molecule has 2 aliphatic rings. The molecule has 2 aromatic rings. The summed E-state index contributed by atoms with van der Waals surface area (Å²) in [4.78, 5) is 26.2. The van der Waals surface area contributed by atoms with Gasteiger partial charge in [-0.1, -0.05) is 44.2 Å². The van der Waals surface area contributed by atoms with Gasteiger partial charge in [0.05, 0.1) is 12.6 Å². The number of cyclic esters (lactones) is 1. The Morgan fingerprint density at radius 1 is 1.19 bits per heavy atom. The molecule has 27 heavy (non-hydrogen) atoms. The first kappa shape index (κ1) is 17.6. The maximum Gasteiger partial charge on any atom is 0.414 e. The molecule has 4 rings (SSSR count). The average Bonchev–Trinajstić information content (AvgIpc) is 3.10. The van der Waals surface area contributed by atoms with Crippen LogP contribution in [0.1, 0.15) is 54.2 Å². The van der Waals surface area contributed by atoms with Crippen LogP contribution in [0.5, 0.6) is 0 Å². The van der Waals surface area contributed by atoms with Crippen molar-refractivity contribution in [3.05, 3.63) is 65.2 Å². The van der Waals surface area contributed by atoms with Crippen LogP contribution in [0.25, 0.3) is 0 Å². The van der Waals surface area contributed by atoms with E-state index in [-0.39, 0.29) is 23.5 Å². The molecule has 1 atom stereocenters. The largest absolute Gasteiger partial charge is 0.447 e. The van der Waals surface area contributed by atoms with Crippen molar-refractivity contribution in [3.63, 3.8) is 0 Å². The Hall–Kier alpha value is -2.82. The quantitative estimate of drug-likeness (QED) is 0.889. The molecule has 0 saturated carbocycles. The molecule has 2 aromatic carbocycles. The van der Waals surface area contributed by atoms with Gasteiger partial charge in [-0.05, 0) is 47.6 Å². The Labute approximate surface area is 159 Å². The van der Waals surface area contributed by atoms with Crippen LogP contribution in [0.15, 0.2) is 48.5 Å². The van der Waals surface area contributed by atoms with Crippen LogP contribution in [0.4, 0.5) is 10.5 Å². The number of hydrogen-bond donors (Lipinski definition) is 1. The zero-order valence-electron chi connectivity index (χ0n) is 15.7. The Bertz CT molecular complexity index is 891. The minimum Gasteiger partial charge on any atom is -0.447 e. The zero-order valence-corrected chi connectivity index (χ0v) is 15.7. The molecule has 140 valence electrons. The van der Waals surface area contributed by atoms with Crippen molar-refractivity contribution in [1.29, 1.82) is 0 Å². The second-order valence-electron chi connectivity index (χ2n) is 7.85. The number of amides is 2. The molecule has 1 saturated heterocycles. The van der Waals surface area contributed by atoms with Crippen LogP contribution in [-0.2, 0) is 10.2 Å². The summed E-state index contributed by atoms with van der Waals surface area (Å²) >= 11 is 0. The van der Waals surface area contributed by atoms with Gasteiger partial charge in [0.1, 0.15) is 6.61 Å². The highest BCUT2D eigenvalue weighted by molar-refractivity contribution is 5.97. The first-order valence-electron chi connectivity index (χ1n) is 9.40. The lowest BCUT2D eigenvalue weighted by molar-refractivity contribution is 0.0929. The number of hydrogen-bond acceptors (Lipinski definition) is 3. The van der Waals surface area contributed by atoms with Gasteiger partial charge in [-0.25, -0.2) is 4.79 Å². The van der Waals surface area contributed by atoms with Crippen LogP contribution >= 0.6 is 0 Å². The van der Waals surface area contributed by atoms with Crippen molar-refractivity contribution in [1.82, 2.24) is 5.32 Å². The summed E-state index contributed by atoms with van der Waals surface area (Å²) in [6.45, 7) is 5.39. The third-order valence-corrected chi connectivity index (χ3v) is 5.61. The summed E-state index contributed by atoms with van der Waals surface area (Å²) in [5.41, 5.74) is 3.86. The lowest BCUT2D eigenvalue weighted by Crippen LogP contribution is -2.35. The summed E-state index contributed by atoms with van der Waals surface area (Å²) in [5, 5.41) is 3.18. The fraction of sp³-hybridized carbons (Fsp3) is 0.364. The predicted molar refractivity (Wildman–Crippen MR) is 104 cm³/mol. The summed E-state index contributed by atoms with van der Waals surface area (Å²) in [5.74, 6) is -0.121. The second-order valence-corrected chi connectivity index (χ2v) is 7.85. The van der Waals surface area contributed by atoms with E-state index in [1.807, 2.05) is 12.1 Å². The summed E-state index contributed by atoms with van der Waals surface area (Å²) in [6.07, 6.45) is 1.57. The molecule has 2 amide bonds. The fourth-order valence-corrected chi connectivity index (χ4v) is 4.05. The highest BCUT2D eigenvalue weighted by atomic mass is 16.6. The van der Waals surface area contributed by atoms with E-state index in [0.717, 1.165) is 12.8 Å². The third-order valence-electron chi connectivity index (χ3n) is 5.61. The molecule has 1 N–H and O–H groups in total. The molecule has 1 heterocycles. The van der Waals surface area contributed by atoms with Crippen LogP contribution in [0, 0.1) is 0 Å². The van der Waals surface area contributed by atoms with Gasteiger partial charge in [-0.3, -0.25) is 9.69 Å². The number of anilines is 1. The van der Waals surface area contributed by atoms with Crippen molar-refractivity contribution < 1.29 is 14.3 Å². The van der Waals surface area contributed by atoms with Gasteiger partial charge < -0.3 is 10.1 Å². The molecule has 1 aliphatic heterocycles. The topological polar surface area (TPSA) is 58.6 Å². The van der Waals surface area contributed by atoms with Crippen LogP contribution in [0.2, 0.25) is 0 Å². The first-order valence-corrected chi connectivity index (χ1v) is 9.40. The maximum absolute atomic E-state index is 12.9. The SMILES string of the molecule is CC1(C)CCC(NC(=O)c2cccc(N3CCOC3=O)c2)c2ccccc21. The molecular formula is C22H24N2O3. The van der Waals surface area contributed by atoms with E-state index in [2.05, 4.69) is 37.4 Å². The number of carbonyl (C=O) groups is 2. The Morgan fingerprint density at radius 2 is 2.00 bits per heavy atom. The molecule has 0 aromatic heterocycles. The standard InChI is InChI=1S/C22H24N2O3/c1-22(2)11-10-19(17-8-3-4-9-18(17)22)23-20(25)15-6-5-7-16(14-15)24-12-13-27-21(24)26/h3-9,14,19H,10-13H2,1-2H3,(H,23,25). The molecule has 0 spiro atoms. The Morgan fingerprint density at radius 3 is 2.78 bits per heavy atom. The van der Waals surface area contributed by atoms with Crippen molar-refractivity contribution in [3.8, 4) is 0 Å². The van der Waals surface area contributed by atoms with Crippen molar-refractivity contribution in [2.24, 2.45) is 0 Å². The van der Waals surface area contributed by atoms with Crippen LogP contribution in [-0.4, -0.2) is 25.2 Å². The summed E-state index contributed by atoms with van der Waals surface area (Å²) < 4.78 is 4.99. The number of rotatable bonds is 3. The van der Waals surface area contributed by atoms with Crippen LogP contribution < -0.4 is 10.2 Å². The van der Waals surface area contributed by atoms with Gasteiger partial charge in [0.2, 0.25) is 0 Å². The molecule has 0 bridgehead atoms. The number of nitrogens with zero attached hydrogens (tertiary/aromatic N) is 1. The molecule has 5 heteroatoms. The predicted octanol–water partition coefficient (Wildman–Crippen LogP) is 4.19. The highest BCUT2D eigenvalue weighted by Crippen LogP contribution is 2.41. The van der Waals surface area contributed by atoms with E-state index in [9.17, 15) is 9.59 Å². The monoisotopic (exact) mass is 364 g/mol. The smallest absolute Gasteiger partial charge is 0.414 e. The lowest BCUT2D eigenvalue weighted by Gasteiger charge is -2.37. The van der Waals surface area contributed by atoms with Gasteiger partial charge in [0, 0.05) is 11.3 Å². The lowest BCUT2D eigenvalue weighted by atomic mass is 9.71. The molecule has 1 fully saturated rings. The van der Waals surface area contributed by atoms with Gasteiger partial charge in [0.25, 0.3) is 5.91 Å². The average molecular weight is 364 g/mol. The molecule has 1 aliphatic carbocycles. The number of nitrogens with one attached hydrogen (secondary N) is 1. The molecule has 1 unspecified atom stereocenters. The molecule has 5 nitrogen and oxygen atoms in total. The molecule has 0 radical (unpaired) electrons. The van der Waals surface area contributed by atoms with Gasteiger partial charge >= 0.3 is 6.09 Å². The number of carbonyl (C=O) groups excluding carboxylic acids is 2. The fourth-order valence-electron chi connectivity index (χ4n) is 4.05. The third kappa shape index (κ3) is 3.29. The Kier molecular flexibility index (Phi) is 4.38. The first-order chi connectivity index (χ1) is 13.0. The minimum absolute atomic E-state index is 0.00198. The van der Waals surface area contributed by atoms with E-state index >= 15 is 0 Å². The van der Waals surface area contributed by atoms with E-state index in [4.69, 9.17) is 4.74 Å². The summed E-state index contributed by atoms with van der Waals surface area (Å²) in [6, 6.07) is 15.5. The Balaban J connectivity index is 1.56. The zero-order chi connectivity index (χ0) is 19.0. The van der Waals surface area contributed by atoms with Gasteiger partial charge in [-0.15, -0.1) is 0 Å². The number of fused-ring (bicyclic) bond motifs is 1.